The molecule has 1 aliphatic carbocycles. The first-order valence-electron chi connectivity index (χ1n) is 12.2. The van der Waals surface area contributed by atoms with Gasteiger partial charge in [0.05, 0.1) is 6.61 Å². The Bertz CT molecular complexity index is 1120. The lowest BCUT2D eigenvalue weighted by Crippen LogP contribution is -2.11. The Kier molecular flexibility index (Phi) is 8.51. The van der Waals surface area contributed by atoms with Crippen molar-refractivity contribution in [3.05, 3.63) is 95.6 Å². The average Bonchev–Trinajstić information content (AvgIpc) is 2.90. The molecule has 3 aromatic carbocycles. The molecule has 0 radical (unpaired) electrons. The normalized spacial score (nSPS) is 18.1. The van der Waals surface area contributed by atoms with Gasteiger partial charge in [0.15, 0.2) is 11.5 Å². The Labute approximate surface area is 205 Å². The molecule has 0 aliphatic heterocycles. The van der Waals surface area contributed by atoms with Gasteiger partial charge in [-0.25, -0.2) is 4.39 Å². The Morgan fingerprint density at radius 3 is 1.91 bits per heavy atom. The topological polar surface area (TPSA) is 18.5 Å². The van der Waals surface area contributed by atoms with Crippen LogP contribution in [0.5, 0.6) is 11.5 Å². The third-order valence-electron chi connectivity index (χ3n) is 6.64. The predicted molar refractivity (Wildman–Crippen MR) is 134 cm³/mol. The molecular weight excluding hydrogens is 449 g/mol. The largest absolute Gasteiger partial charge is 0.491 e. The van der Waals surface area contributed by atoms with Gasteiger partial charge < -0.3 is 9.47 Å². The lowest BCUT2D eigenvalue weighted by molar-refractivity contribution is 0.274. The molecule has 2 nitrogen and oxygen atoms in total. The van der Waals surface area contributed by atoms with Gasteiger partial charge in [-0.1, -0.05) is 60.7 Å². The van der Waals surface area contributed by atoms with E-state index >= 15 is 0 Å². The summed E-state index contributed by atoms with van der Waals surface area (Å²) in [5, 5.41) is 0. The molecule has 35 heavy (non-hydrogen) atoms. The van der Waals surface area contributed by atoms with Crippen LogP contribution >= 0.6 is 0 Å². The summed E-state index contributed by atoms with van der Waals surface area (Å²) in [6.07, 6.45) is 8.15. The molecular formula is C30H31F3O2. The summed E-state index contributed by atoms with van der Waals surface area (Å²) in [6, 6.07) is 19.3. The van der Waals surface area contributed by atoms with Crippen molar-refractivity contribution in [2.24, 2.45) is 5.92 Å². The molecule has 0 amide bonds. The molecule has 0 heterocycles. The highest BCUT2D eigenvalue weighted by Crippen LogP contribution is 2.37. The second-order valence-corrected chi connectivity index (χ2v) is 8.92. The number of allylic oxidation sites excluding steroid dienone is 2. The molecule has 0 atom stereocenters. The van der Waals surface area contributed by atoms with Crippen LogP contribution < -0.4 is 9.47 Å². The van der Waals surface area contributed by atoms with Gasteiger partial charge in [0.2, 0.25) is 11.6 Å². The van der Waals surface area contributed by atoms with Gasteiger partial charge in [-0.15, -0.1) is 0 Å². The van der Waals surface area contributed by atoms with Crippen molar-refractivity contribution in [3.8, 4) is 22.6 Å². The average molecular weight is 481 g/mol. The van der Waals surface area contributed by atoms with Crippen LogP contribution in [0, 0.1) is 17.6 Å². The second-order valence-electron chi connectivity index (χ2n) is 8.92. The van der Waals surface area contributed by atoms with Gasteiger partial charge >= 0.3 is 0 Å². The fourth-order valence-corrected chi connectivity index (χ4v) is 4.68. The molecule has 4 rings (SSSR count). The van der Waals surface area contributed by atoms with E-state index in [2.05, 4.69) is 24.3 Å². The Balaban J connectivity index is 1.34. The smallest absolute Gasteiger partial charge is 0.204 e. The van der Waals surface area contributed by atoms with Crippen LogP contribution in [-0.2, 0) is 6.61 Å². The fraction of sp³-hybridized carbons (Fsp3) is 0.333. The van der Waals surface area contributed by atoms with E-state index in [1.165, 1.54) is 17.7 Å². The fourth-order valence-electron chi connectivity index (χ4n) is 4.68. The van der Waals surface area contributed by atoms with Crippen molar-refractivity contribution in [1.29, 1.82) is 0 Å². The molecule has 0 N–H and O–H groups in total. The standard InChI is InChI=1S/C30H31F3O2/c1-2-34-27-17-18-28(30(33)29(27)32)35-20-22-7-11-24(12-8-22)26-15-13-25(14-16-26)23-9-5-21(6-10-23)4-3-19-31/h3-4,7-8,11-18,21,23H,2,5-6,9-10,19-20H2,1H3/b4-3+. The van der Waals surface area contributed by atoms with Crippen molar-refractivity contribution in [1.82, 2.24) is 0 Å². The van der Waals surface area contributed by atoms with Crippen molar-refractivity contribution in [2.75, 3.05) is 13.3 Å². The second kappa shape index (κ2) is 12.0. The lowest BCUT2D eigenvalue weighted by Gasteiger charge is -2.27. The highest BCUT2D eigenvalue weighted by Gasteiger charge is 2.21. The zero-order valence-electron chi connectivity index (χ0n) is 20.0. The van der Waals surface area contributed by atoms with Crippen LogP contribution in [0.3, 0.4) is 0 Å². The quantitative estimate of drug-likeness (QED) is 0.286. The zero-order valence-corrected chi connectivity index (χ0v) is 20.0. The molecule has 0 unspecified atom stereocenters. The van der Waals surface area contributed by atoms with Crippen molar-refractivity contribution >= 4 is 0 Å². The Hall–Kier alpha value is -3.21. The zero-order chi connectivity index (χ0) is 24.6. The van der Waals surface area contributed by atoms with E-state index < -0.39 is 11.6 Å². The number of hydrogen-bond donors (Lipinski definition) is 0. The van der Waals surface area contributed by atoms with E-state index in [0.29, 0.717) is 11.8 Å². The number of hydrogen-bond acceptors (Lipinski definition) is 2. The van der Waals surface area contributed by atoms with Crippen molar-refractivity contribution in [3.63, 3.8) is 0 Å². The van der Waals surface area contributed by atoms with Gasteiger partial charge in [0.1, 0.15) is 13.3 Å². The van der Waals surface area contributed by atoms with Crippen LogP contribution in [0.2, 0.25) is 0 Å². The Morgan fingerprint density at radius 2 is 1.34 bits per heavy atom. The van der Waals surface area contributed by atoms with Crippen LogP contribution in [0.15, 0.2) is 72.8 Å². The summed E-state index contributed by atoms with van der Waals surface area (Å²) in [4.78, 5) is 0. The molecule has 184 valence electrons. The number of benzene rings is 3. The van der Waals surface area contributed by atoms with E-state index in [9.17, 15) is 13.2 Å². The summed E-state index contributed by atoms with van der Waals surface area (Å²) < 4.78 is 51.1. The van der Waals surface area contributed by atoms with E-state index in [1.54, 1.807) is 13.0 Å². The summed E-state index contributed by atoms with van der Waals surface area (Å²) in [5.41, 5.74) is 4.42. The molecule has 0 bridgehead atoms. The number of rotatable bonds is 9. The van der Waals surface area contributed by atoms with Gasteiger partial charge in [-0.05, 0) is 78.8 Å². The molecule has 1 saturated carbocycles. The maximum Gasteiger partial charge on any atom is 0.204 e. The van der Waals surface area contributed by atoms with Crippen LogP contribution in [0.4, 0.5) is 13.2 Å². The van der Waals surface area contributed by atoms with Crippen LogP contribution in [0.1, 0.15) is 49.7 Å². The minimum Gasteiger partial charge on any atom is -0.491 e. The molecule has 0 spiro atoms. The number of ether oxygens (including phenoxy) is 2. The minimum atomic E-state index is -1.04. The number of halogens is 3. The van der Waals surface area contributed by atoms with Gasteiger partial charge in [0, 0.05) is 0 Å². The van der Waals surface area contributed by atoms with Gasteiger partial charge in [-0.2, -0.15) is 8.78 Å². The summed E-state index contributed by atoms with van der Waals surface area (Å²) in [6.45, 7) is 1.72. The lowest BCUT2D eigenvalue weighted by atomic mass is 9.78. The first-order chi connectivity index (χ1) is 17.1. The van der Waals surface area contributed by atoms with E-state index in [0.717, 1.165) is 42.4 Å². The SMILES string of the molecule is CCOc1ccc(OCc2ccc(-c3ccc(C4CCC(/C=C/CF)CC4)cc3)cc2)c(F)c1F. The summed E-state index contributed by atoms with van der Waals surface area (Å²) in [7, 11) is 0. The maximum atomic E-state index is 14.2. The van der Waals surface area contributed by atoms with Gasteiger partial charge in [-0.3, -0.25) is 0 Å². The van der Waals surface area contributed by atoms with Gasteiger partial charge in [0.25, 0.3) is 0 Å². The Morgan fingerprint density at radius 1 is 0.771 bits per heavy atom. The van der Waals surface area contributed by atoms with Crippen LogP contribution in [-0.4, -0.2) is 13.3 Å². The summed E-state index contributed by atoms with van der Waals surface area (Å²) >= 11 is 0. The van der Waals surface area contributed by atoms with Crippen LogP contribution in [0.25, 0.3) is 11.1 Å². The van der Waals surface area contributed by atoms with E-state index in [4.69, 9.17) is 9.47 Å². The highest BCUT2D eigenvalue weighted by atomic mass is 19.2. The maximum absolute atomic E-state index is 14.2. The molecule has 3 aromatic rings. The molecule has 5 heteroatoms. The monoisotopic (exact) mass is 480 g/mol. The first-order valence-corrected chi connectivity index (χ1v) is 12.2. The minimum absolute atomic E-state index is 0.119. The third kappa shape index (κ3) is 6.27. The summed E-state index contributed by atoms with van der Waals surface area (Å²) in [5.74, 6) is -1.27. The highest BCUT2D eigenvalue weighted by molar-refractivity contribution is 5.64. The third-order valence-corrected chi connectivity index (χ3v) is 6.64. The first kappa shape index (κ1) is 24.9. The van der Waals surface area contributed by atoms with Crippen molar-refractivity contribution in [2.45, 2.75) is 45.1 Å². The molecule has 1 fully saturated rings. The molecule has 1 aliphatic rings. The predicted octanol–water partition coefficient (Wildman–Crippen LogP) is 8.41. The molecule has 0 aromatic heterocycles. The van der Waals surface area contributed by atoms with E-state index in [-0.39, 0.29) is 31.4 Å². The van der Waals surface area contributed by atoms with Crippen molar-refractivity contribution < 1.29 is 22.6 Å². The van der Waals surface area contributed by atoms with E-state index in [1.807, 2.05) is 30.3 Å². The molecule has 0 saturated heterocycles. The number of alkyl halides is 1.